The first kappa shape index (κ1) is 13.2. The molecule has 16 heavy (non-hydrogen) atoms. The van der Waals surface area contributed by atoms with Gasteiger partial charge in [-0.15, -0.1) is 0 Å². The molecule has 0 bridgehead atoms. The Labute approximate surface area is 98.1 Å². The molecule has 1 fully saturated rings. The molecular weight excluding hydrogens is 202 g/mol. The van der Waals surface area contributed by atoms with Crippen LogP contribution in [-0.4, -0.2) is 35.6 Å². The highest BCUT2D eigenvalue weighted by molar-refractivity contribution is 5.86. The number of hydrogen-bond donors (Lipinski definition) is 1. The van der Waals surface area contributed by atoms with Gasteiger partial charge in [0, 0.05) is 12.1 Å². The zero-order valence-electron chi connectivity index (χ0n) is 10.6. The summed E-state index contributed by atoms with van der Waals surface area (Å²) in [5, 5.41) is 8.90. The van der Waals surface area contributed by atoms with E-state index in [9.17, 15) is 4.79 Å². The van der Waals surface area contributed by atoms with Crippen LogP contribution in [0.1, 0.15) is 40.0 Å². The fourth-order valence-electron chi connectivity index (χ4n) is 1.96. The van der Waals surface area contributed by atoms with Gasteiger partial charge in [-0.3, -0.25) is 4.90 Å². The maximum atomic E-state index is 10.8. The molecule has 1 saturated heterocycles. The van der Waals surface area contributed by atoms with E-state index in [-0.39, 0.29) is 0 Å². The molecule has 0 atom stereocenters. The monoisotopic (exact) mass is 225 g/mol. The van der Waals surface area contributed by atoms with Crippen molar-refractivity contribution in [1.82, 2.24) is 4.90 Å². The van der Waals surface area contributed by atoms with Gasteiger partial charge in [0.15, 0.2) is 0 Å². The van der Waals surface area contributed by atoms with Crippen LogP contribution >= 0.6 is 0 Å². The Bertz CT molecular complexity index is 272. The summed E-state index contributed by atoms with van der Waals surface area (Å²) in [5.74, 6) is -0.778. The number of carbonyl (C=O) groups is 1. The van der Waals surface area contributed by atoms with Crippen LogP contribution in [0.4, 0.5) is 0 Å². The second kappa shape index (κ2) is 5.48. The minimum Gasteiger partial charge on any atom is -0.478 e. The quantitative estimate of drug-likeness (QED) is 0.747. The zero-order chi connectivity index (χ0) is 12.2. The van der Waals surface area contributed by atoms with E-state index in [1.807, 2.05) is 13.0 Å². The lowest BCUT2D eigenvalue weighted by molar-refractivity contribution is -0.132. The molecular formula is C13H23NO2. The molecule has 92 valence electrons. The third kappa shape index (κ3) is 3.97. The maximum Gasteiger partial charge on any atom is 0.331 e. The molecule has 0 aromatic heterocycles. The Morgan fingerprint density at radius 2 is 1.94 bits per heavy atom. The molecule has 3 heteroatoms. The number of piperidine rings is 1. The topological polar surface area (TPSA) is 40.5 Å². The third-order valence-corrected chi connectivity index (χ3v) is 3.46. The van der Waals surface area contributed by atoms with Gasteiger partial charge in [-0.25, -0.2) is 4.79 Å². The normalized spacial score (nSPS) is 22.1. The Morgan fingerprint density at radius 3 is 2.38 bits per heavy atom. The van der Waals surface area contributed by atoms with Crippen LogP contribution in [0.2, 0.25) is 0 Å². The largest absolute Gasteiger partial charge is 0.478 e. The van der Waals surface area contributed by atoms with Crippen molar-refractivity contribution in [2.45, 2.75) is 40.0 Å². The summed E-state index contributed by atoms with van der Waals surface area (Å²) < 4.78 is 0. The van der Waals surface area contributed by atoms with Gasteiger partial charge in [0.1, 0.15) is 0 Å². The van der Waals surface area contributed by atoms with Crippen molar-refractivity contribution in [3.8, 4) is 0 Å². The molecule has 0 spiro atoms. The molecule has 0 unspecified atom stereocenters. The van der Waals surface area contributed by atoms with Crippen LogP contribution in [0.3, 0.4) is 0 Å². The first-order chi connectivity index (χ1) is 7.44. The fraction of sp³-hybridized carbons (Fsp3) is 0.769. The highest BCUT2D eigenvalue weighted by Crippen LogP contribution is 2.29. The van der Waals surface area contributed by atoms with E-state index in [2.05, 4.69) is 18.7 Å². The fourth-order valence-corrected chi connectivity index (χ4v) is 1.96. The number of aliphatic carboxylic acids is 1. The van der Waals surface area contributed by atoms with Crippen LogP contribution in [0.5, 0.6) is 0 Å². The minimum atomic E-state index is -0.778. The summed E-state index contributed by atoms with van der Waals surface area (Å²) in [5.41, 5.74) is 0.991. The summed E-state index contributed by atoms with van der Waals surface area (Å²) in [7, 11) is 0. The summed E-state index contributed by atoms with van der Waals surface area (Å²) >= 11 is 0. The summed E-state index contributed by atoms with van der Waals surface area (Å²) in [4.78, 5) is 13.2. The first-order valence-electron chi connectivity index (χ1n) is 6.09. The van der Waals surface area contributed by atoms with Gasteiger partial charge in [0.2, 0.25) is 0 Å². The van der Waals surface area contributed by atoms with Crippen LogP contribution in [0.15, 0.2) is 11.6 Å². The van der Waals surface area contributed by atoms with Crippen LogP contribution in [0, 0.1) is 5.41 Å². The van der Waals surface area contributed by atoms with Crippen molar-refractivity contribution in [2.75, 3.05) is 19.6 Å². The van der Waals surface area contributed by atoms with E-state index in [0.29, 0.717) is 17.4 Å². The molecule has 3 nitrogen and oxygen atoms in total. The highest BCUT2D eigenvalue weighted by Gasteiger charge is 2.24. The van der Waals surface area contributed by atoms with Gasteiger partial charge in [-0.2, -0.15) is 0 Å². The van der Waals surface area contributed by atoms with Crippen molar-refractivity contribution in [3.05, 3.63) is 11.6 Å². The van der Waals surface area contributed by atoms with E-state index < -0.39 is 5.97 Å². The molecule has 0 aliphatic carbocycles. The number of hydrogen-bond acceptors (Lipinski definition) is 2. The van der Waals surface area contributed by atoms with Crippen molar-refractivity contribution in [2.24, 2.45) is 5.41 Å². The van der Waals surface area contributed by atoms with Crippen molar-refractivity contribution >= 4 is 5.97 Å². The number of carboxylic acid groups (broad SMARTS) is 1. The van der Waals surface area contributed by atoms with Crippen LogP contribution in [0.25, 0.3) is 0 Å². The van der Waals surface area contributed by atoms with Crippen molar-refractivity contribution in [1.29, 1.82) is 0 Å². The second-order valence-corrected chi connectivity index (χ2v) is 5.35. The van der Waals surface area contributed by atoms with Gasteiger partial charge >= 0.3 is 5.97 Å². The maximum absolute atomic E-state index is 10.8. The molecule has 1 rings (SSSR count). The first-order valence-corrected chi connectivity index (χ1v) is 6.09. The number of carboxylic acids is 1. The van der Waals surface area contributed by atoms with Gasteiger partial charge in [-0.1, -0.05) is 26.8 Å². The van der Waals surface area contributed by atoms with E-state index in [1.165, 1.54) is 12.8 Å². The zero-order valence-corrected chi connectivity index (χ0v) is 10.6. The summed E-state index contributed by atoms with van der Waals surface area (Å²) in [6, 6.07) is 0. The van der Waals surface area contributed by atoms with E-state index >= 15 is 0 Å². The number of likely N-dealkylation sites (tertiary alicyclic amines) is 1. The summed E-state index contributed by atoms with van der Waals surface area (Å²) in [6.45, 7) is 9.44. The predicted molar refractivity (Wildman–Crippen MR) is 65.5 cm³/mol. The van der Waals surface area contributed by atoms with Gasteiger partial charge in [0.05, 0.1) is 0 Å². The van der Waals surface area contributed by atoms with E-state index in [0.717, 1.165) is 19.6 Å². The minimum absolute atomic E-state index is 0.459. The lowest BCUT2D eigenvalue weighted by atomic mass is 9.83. The average Bonchev–Trinajstić information content (AvgIpc) is 2.20. The second-order valence-electron chi connectivity index (χ2n) is 5.35. The molecule has 0 radical (unpaired) electrons. The molecule has 0 saturated carbocycles. The van der Waals surface area contributed by atoms with E-state index in [4.69, 9.17) is 5.11 Å². The number of rotatable bonds is 4. The van der Waals surface area contributed by atoms with Crippen molar-refractivity contribution in [3.63, 3.8) is 0 Å². The van der Waals surface area contributed by atoms with Gasteiger partial charge in [0.25, 0.3) is 0 Å². The average molecular weight is 225 g/mol. The predicted octanol–water partition coefficient (Wildman–Crippen LogP) is 2.53. The Hall–Kier alpha value is -0.830. The van der Waals surface area contributed by atoms with Gasteiger partial charge < -0.3 is 5.11 Å². The number of nitrogens with zero attached hydrogens (tertiary/aromatic N) is 1. The van der Waals surface area contributed by atoms with Crippen LogP contribution in [-0.2, 0) is 4.79 Å². The molecule has 1 N–H and O–H groups in total. The Kier molecular flexibility index (Phi) is 4.54. The highest BCUT2D eigenvalue weighted by atomic mass is 16.4. The van der Waals surface area contributed by atoms with Crippen molar-refractivity contribution < 1.29 is 9.90 Å². The van der Waals surface area contributed by atoms with Crippen LogP contribution < -0.4 is 0 Å². The summed E-state index contributed by atoms with van der Waals surface area (Å²) in [6.07, 6.45) is 4.88. The molecule has 1 aliphatic heterocycles. The standard InChI is InChI=1S/C13H23NO2/c1-4-11(12(15)16)5-8-14-9-6-13(2,3)7-10-14/h5H,4,6-10H2,1-3H3,(H,15,16). The molecule has 1 aliphatic rings. The van der Waals surface area contributed by atoms with Gasteiger partial charge in [-0.05, 0) is 37.8 Å². The Morgan fingerprint density at radius 1 is 1.38 bits per heavy atom. The lowest BCUT2D eigenvalue weighted by Crippen LogP contribution is -2.37. The lowest BCUT2D eigenvalue weighted by Gasteiger charge is -2.36. The molecule has 0 amide bonds. The molecule has 0 aromatic rings. The SMILES string of the molecule is CCC(=CCN1CCC(C)(C)CC1)C(=O)O. The molecule has 0 aromatic carbocycles. The Balaban J connectivity index is 2.42. The third-order valence-electron chi connectivity index (χ3n) is 3.46. The molecule has 1 heterocycles. The van der Waals surface area contributed by atoms with E-state index in [1.54, 1.807) is 0 Å². The smallest absolute Gasteiger partial charge is 0.331 e.